The van der Waals surface area contributed by atoms with E-state index >= 15 is 0 Å². The maximum Gasteiger partial charge on any atom is 0.335 e. The Kier molecular flexibility index (Phi) is 8.81. The Labute approximate surface area is 98.4 Å². The zero-order chi connectivity index (χ0) is 9.02. The minimum Gasteiger partial charge on any atom is -0.479 e. The Hall–Kier alpha value is 0.570. The van der Waals surface area contributed by atoms with Crippen molar-refractivity contribution in [2.75, 3.05) is 6.61 Å². The van der Waals surface area contributed by atoms with Crippen LogP contribution in [0.1, 0.15) is 0 Å². The summed E-state index contributed by atoms with van der Waals surface area (Å²) in [5.74, 6) is -1.65. The fourth-order valence-corrected chi connectivity index (χ4v) is 0.465. The van der Waals surface area contributed by atoms with Crippen molar-refractivity contribution in [1.29, 1.82) is 0 Å². The number of rotatable bonds is 4. The molecule has 7 heteroatoms. The predicted molar refractivity (Wildman–Crippen MR) is 38.5 cm³/mol. The number of hydrogen-bond donors (Lipinski definition) is 5. The summed E-state index contributed by atoms with van der Waals surface area (Å²) in [7, 11) is 0. The molecule has 0 unspecified atom stereocenters. The molecule has 0 amide bonds. The average Bonchev–Trinajstić information content (AvgIpc) is 2.00. The van der Waals surface area contributed by atoms with Crippen molar-refractivity contribution in [3.05, 3.63) is 0 Å². The molecule has 2 radical (unpaired) electrons. The van der Waals surface area contributed by atoms with Crippen LogP contribution in [-0.2, 0) is 4.79 Å². The molecule has 0 heterocycles. The number of aliphatic hydroxyl groups is 4. The van der Waals surface area contributed by atoms with Gasteiger partial charge in [-0.25, -0.2) is 4.79 Å². The van der Waals surface area contributed by atoms with Crippen LogP contribution in [0.4, 0.5) is 0 Å². The van der Waals surface area contributed by atoms with Gasteiger partial charge in [0.2, 0.25) is 0 Å². The van der Waals surface area contributed by atoms with E-state index in [4.69, 9.17) is 25.5 Å². The second-order valence-corrected chi connectivity index (χ2v) is 2.02. The first-order valence-corrected chi connectivity index (χ1v) is 2.88. The van der Waals surface area contributed by atoms with Crippen LogP contribution >= 0.6 is 0 Å². The number of carboxylic acid groups (broad SMARTS) is 1. The fraction of sp³-hybridized carbons (Fsp3) is 0.800. The Morgan fingerprint density at radius 2 is 1.67 bits per heavy atom. The summed E-state index contributed by atoms with van der Waals surface area (Å²) in [6.07, 6.45) is -5.57. The quantitative estimate of drug-likeness (QED) is 0.309. The number of aliphatic carboxylic acids is 1. The van der Waals surface area contributed by atoms with Gasteiger partial charge in [0.1, 0.15) is 12.2 Å². The first kappa shape index (κ1) is 15.1. The van der Waals surface area contributed by atoms with Gasteiger partial charge in [-0.3, -0.25) is 0 Å². The molecule has 3 atom stereocenters. The average molecular weight is 206 g/mol. The zero-order valence-electron chi connectivity index (χ0n) is 6.29. The molecule has 0 bridgehead atoms. The van der Waals surface area contributed by atoms with Crippen molar-refractivity contribution in [2.24, 2.45) is 0 Å². The van der Waals surface area contributed by atoms with Crippen molar-refractivity contribution in [3.63, 3.8) is 0 Å². The van der Waals surface area contributed by atoms with Crippen LogP contribution in [0.25, 0.3) is 0 Å². The monoisotopic (exact) mass is 206 g/mol. The Balaban J connectivity index is 0. The molecule has 6 nitrogen and oxygen atoms in total. The summed E-state index contributed by atoms with van der Waals surface area (Å²) in [6.45, 7) is -0.800. The first-order chi connectivity index (χ1) is 5.00. The van der Waals surface area contributed by atoms with Crippen LogP contribution in [0.15, 0.2) is 0 Å². The molecule has 0 aliphatic heterocycles. The predicted octanol–water partition coefficient (Wildman–Crippen LogP) is -3.23. The van der Waals surface area contributed by atoms with E-state index in [1.807, 2.05) is 0 Å². The molecule has 0 aromatic carbocycles. The minimum atomic E-state index is -2.07. The zero-order valence-corrected chi connectivity index (χ0v) is 8.50. The van der Waals surface area contributed by atoms with E-state index in [0.717, 1.165) is 0 Å². The van der Waals surface area contributed by atoms with Gasteiger partial charge in [0.25, 0.3) is 0 Å². The van der Waals surface area contributed by atoms with Crippen molar-refractivity contribution in [2.45, 2.75) is 18.3 Å². The van der Waals surface area contributed by atoms with Crippen LogP contribution in [0.5, 0.6) is 0 Å². The second-order valence-electron chi connectivity index (χ2n) is 2.02. The summed E-state index contributed by atoms with van der Waals surface area (Å²) >= 11 is 0. The van der Waals surface area contributed by atoms with Crippen LogP contribution < -0.4 is 0 Å². The van der Waals surface area contributed by atoms with Gasteiger partial charge in [0.05, 0.1) is 6.61 Å². The van der Waals surface area contributed by atoms with Gasteiger partial charge in [-0.15, -0.1) is 0 Å². The maximum absolute atomic E-state index is 9.96. The molecule has 0 saturated heterocycles. The Morgan fingerprint density at radius 1 is 1.25 bits per heavy atom. The van der Waals surface area contributed by atoms with Gasteiger partial charge in [0.15, 0.2) is 6.10 Å². The SMILES string of the molecule is O=C(O)[C@@H](O)[C@H](O)[C@H](O)CO.[Ca]. The summed E-state index contributed by atoms with van der Waals surface area (Å²) < 4.78 is 0. The molecule has 0 aromatic rings. The van der Waals surface area contributed by atoms with E-state index in [-0.39, 0.29) is 37.7 Å². The van der Waals surface area contributed by atoms with Crippen molar-refractivity contribution < 1.29 is 30.3 Å². The molecule has 68 valence electrons. The largest absolute Gasteiger partial charge is 0.479 e. The standard InChI is InChI=1S/C5H10O6.Ca/c6-1-2(7)3(8)4(9)5(10)11;/h2-4,6-9H,1H2,(H,10,11);/t2-,3-,4+;/m1./s1. The van der Waals surface area contributed by atoms with Crippen LogP contribution in [0.2, 0.25) is 0 Å². The molecule has 0 aliphatic rings. The van der Waals surface area contributed by atoms with Crippen LogP contribution in [0, 0.1) is 0 Å². The summed E-state index contributed by atoms with van der Waals surface area (Å²) in [5.41, 5.74) is 0. The van der Waals surface area contributed by atoms with E-state index in [1.165, 1.54) is 0 Å². The van der Waals surface area contributed by atoms with Gasteiger partial charge in [0, 0.05) is 37.7 Å². The number of hydrogen-bond acceptors (Lipinski definition) is 5. The Morgan fingerprint density at radius 3 is 1.92 bits per heavy atom. The molecule has 0 rings (SSSR count). The molecular weight excluding hydrogens is 196 g/mol. The molecule has 0 aliphatic carbocycles. The van der Waals surface area contributed by atoms with Gasteiger partial charge in [-0.05, 0) is 0 Å². The van der Waals surface area contributed by atoms with Crippen LogP contribution in [0.3, 0.4) is 0 Å². The fourth-order valence-electron chi connectivity index (χ4n) is 0.465. The molecular formula is C5H10CaO6. The summed E-state index contributed by atoms with van der Waals surface area (Å²) in [4.78, 5) is 9.96. The van der Waals surface area contributed by atoms with E-state index in [2.05, 4.69) is 0 Å². The second kappa shape index (κ2) is 7.02. The number of carboxylic acids is 1. The molecule has 0 spiro atoms. The molecule has 0 saturated carbocycles. The van der Waals surface area contributed by atoms with Gasteiger partial charge < -0.3 is 25.5 Å². The van der Waals surface area contributed by atoms with Crippen molar-refractivity contribution in [3.8, 4) is 0 Å². The summed E-state index contributed by atoms with van der Waals surface area (Å²) in [6, 6.07) is 0. The van der Waals surface area contributed by atoms with Gasteiger partial charge in [-0.1, -0.05) is 0 Å². The third kappa shape index (κ3) is 4.56. The van der Waals surface area contributed by atoms with Crippen LogP contribution in [-0.4, -0.2) is 94.2 Å². The number of aliphatic hydroxyl groups excluding tert-OH is 4. The minimum absolute atomic E-state index is 0. The Bertz CT molecular complexity index is 140. The molecule has 5 N–H and O–H groups in total. The first-order valence-electron chi connectivity index (χ1n) is 2.88. The van der Waals surface area contributed by atoms with Crippen molar-refractivity contribution >= 4 is 43.7 Å². The molecule has 0 fully saturated rings. The third-order valence-electron chi connectivity index (χ3n) is 1.16. The third-order valence-corrected chi connectivity index (χ3v) is 1.16. The van der Waals surface area contributed by atoms with Crippen molar-refractivity contribution in [1.82, 2.24) is 0 Å². The van der Waals surface area contributed by atoms with E-state index in [0.29, 0.717) is 0 Å². The van der Waals surface area contributed by atoms with Gasteiger partial charge in [-0.2, -0.15) is 0 Å². The van der Waals surface area contributed by atoms with E-state index < -0.39 is 30.9 Å². The normalized spacial score (nSPS) is 17.3. The smallest absolute Gasteiger partial charge is 0.335 e. The summed E-state index contributed by atoms with van der Waals surface area (Å²) in [5, 5.41) is 42.2. The van der Waals surface area contributed by atoms with Gasteiger partial charge >= 0.3 is 5.97 Å². The topological polar surface area (TPSA) is 118 Å². The number of carbonyl (C=O) groups is 1. The maximum atomic E-state index is 9.96. The molecule has 0 aromatic heterocycles. The van der Waals surface area contributed by atoms with E-state index in [1.54, 1.807) is 0 Å². The van der Waals surface area contributed by atoms with E-state index in [9.17, 15) is 4.79 Å². The molecule has 12 heavy (non-hydrogen) atoms.